The van der Waals surface area contributed by atoms with E-state index in [1.165, 1.54) is 19.4 Å². The Kier molecular flexibility index (Phi) is 5.03. The van der Waals surface area contributed by atoms with Crippen molar-refractivity contribution in [2.45, 2.75) is 11.8 Å². The first-order chi connectivity index (χ1) is 19.0. The minimum atomic E-state index is -0.529. The van der Waals surface area contributed by atoms with Crippen LogP contribution in [0.5, 0.6) is 5.75 Å². The third-order valence-electron chi connectivity index (χ3n) is 8.02. The van der Waals surface area contributed by atoms with Gasteiger partial charge in [-0.15, -0.1) is 0 Å². The fourth-order valence-corrected chi connectivity index (χ4v) is 6.45. The van der Waals surface area contributed by atoms with E-state index in [0.29, 0.717) is 5.75 Å². The maximum absolute atomic E-state index is 13.7. The largest absolute Gasteiger partial charge is 0.497 e. The standard InChI is InChI=1S/C30H21N3O6/c1-38-16-10-12-22(23(14-16)33(36)37)24-13-11-17(39-24)15-31-32-29(34)27-25-18-6-2-3-7-19(18)26(28(27)30(32)35)21-9-5-4-8-20(21)25/h2-15,25-28H,1H3/b31-15-/t25?,26?,27-,28+. The molecule has 3 aromatic carbocycles. The molecule has 0 spiro atoms. The Hall–Kier alpha value is -5.05. The number of nitro groups is 1. The molecule has 1 fully saturated rings. The van der Waals surface area contributed by atoms with Crippen molar-refractivity contribution in [1.82, 2.24) is 5.01 Å². The minimum absolute atomic E-state index is 0.171. The Balaban J connectivity index is 1.21. The van der Waals surface area contributed by atoms with Gasteiger partial charge in [-0.25, -0.2) is 0 Å². The highest BCUT2D eigenvalue weighted by Crippen LogP contribution is 2.61. The van der Waals surface area contributed by atoms with Crippen molar-refractivity contribution in [3.63, 3.8) is 0 Å². The van der Waals surface area contributed by atoms with Crippen molar-refractivity contribution in [1.29, 1.82) is 0 Å². The predicted octanol–water partition coefficient (Wildman–Crippen LogP) is 5.09. The summed E-state index contributed by atoms with van der Waals surface area (Å²) in [4.78, 5) is 38.4. The molecule has 3 aliphatic carbocycles. The Labute approximate surface area is 222 Å². The maximum atomic E-state index is 13.7. The molecular formula is C30H21N3O6. The average Bonchev–Trinajstić information content (AvgIpc) is 3.54. The van der Waals surface area contributed by atoms with Gasteiger partial charge in [0, 0.05) is 11.8 Å². The molecule has 8 rings (SSSR count). The quantitative estimate of drug-likeness (QED) is 0.157. The van der Waals surface area contributed by atoms with E-state index in [9.17, 15) is 19.7 Å². The summed E-state index contributed by atoms with van der Waals surface area (Å²) < 4.78 is 10.9. The van der Waals surface area contributed by atoms with Crippen LogP contribution in [0.4, 0.5) is 5.69 Å². The van der Waals surface area contributed by atoms with Crippen molar-refractivity contribution in [3.8, 4) is 17.1 Å². The first kappa shape index (κ1) is 23.1. The van der Waals surface area contributed by atoms with Gasteiger partial charge in [0.2, 0.25) is 0 Å². The number of furan rings is 1. The molecule has 192 valence electrons. The summed E-state index contributed by atoms with van der Waals surface area (Å²) in [5, 5.41) is 16.8. The normalized spacial score (nSPS) is 22.6. The molecule has 0 unspecified atom stereocenters. The highest BCUT2D eigenvalue weighted by Gasteiger charge is 2.61. The summed E-state index contributed by atoms with van der Waals surface area (Å²) in [6.07, 6.45) is 1.30. The molecule has 0 radical (unpaired) electrons. The number of benzene rings is 3. The summed E-state index contributed by atoms with van der Waals surface area (Å²) in [5.74, 6) is -1.30. The number of nitrogens with zero attached hydrogens (tertiary/aromatic N) is 3. The van der Waals surface area contributed by atoms with Gasteiger partial charge >= 0.3 is 0 Å². The van der Waals surface area contributed by atoms with Crippen molar-refractivity contribution in [3.05, 3.63) is 117 Å². The summed E-state index contributed by atoms with van der Waals surface area (Å²) in [7, 11) is 1.43. The Morgan fingerprint density at radius 3 is 1.95 bits per heavy atom. The lowest BCUT2D eigenvalue weighted by atomic mass is 9.55. The molecule has 9 nitrogen and oxygen atoms in total. The zero-order valence-electron chi connectivity index (χ0n) is 20.7. The summed E-state index contributed by atoms with van der Waals surface area (Å²) in [5.41, 5.74) is 4.46. The molecule has 0 N–H and O–H groups in total. The van der Waals surface area contributed by atoms with Gasteiger partial charge in [0.15, 0.2) is 0 Å². The van der Waals surface area contributed by atoms with Crippen molar-refractivity contribution < 1.29 is 23.7 Å². The number of hydrogen-bond donors (Lipinski definition) is 0. The number of rotatable bonds is 5. The third-order valence-corrected chi connectivity index (χ3v) is 8.02. The molecule has 2 amide bonds. The molecule has 39 heavy (non-hydrogen) atoms. The molecule has 2 heterocycles. The van der Waals surface area contributed by atoms with Crippen LogP contribution in [0.3, 0.4) is 0 Å². The van der Waals surface area contributed by atoms with Crippen molar-refractivity contribution in [2.75, 3.05) is 7.11 Å². The van der Waals surface area contributed by atoms with Crippen LogP contribution in [0.25, 0.3) is 11.3 Å². The van der Waals surface area contributed by atoms with Crippen LogP contribution in [-0.2, 0) is 9.59 Å². The molecule has 0 saturated carbocycles. The molecular weight excluding hydrogens is 498 g/mol. The van der Waals surface area contributed by atoms with Gasteiger partial charge in [-0.3, -0.25) is 19.7 Å². The number of imide groups is 1. The number of hydrazone groups is 1. The molecule has 1 aromatic heterocycles. The van der Waals surface area contributed by atoms with E-state index in [-0.39, 0.29) is 46.4 Å². The first-order valence-electron chi connectivity index (χ1n) is 12.5. The van der Waals surface area contributed by atoms with Gasteiger partial charge in [-0.2, -0.15) is 10.1 Å². The number of amides is 2. The molecule has 1 aliphatic heterocycles. The van der Waals surface area contributed by atoms with E-state index in [1.54, 1.807) is 24.3 Å². The Morgan fingerprint density at radius 1 is 0.872 bits per heavy atom. The van der Waals surface area contributed by atoms with Crippen LogP contribution in [0, 0.1) is 22.0 Å². The second-order valence-corrected chi connectivity index (χ2v) is 9.84. The SMILES string of the molecule is COc1ccc(-c2ccc(/C=N\N3C(=O)[C@@H]4C5c6ccccc6C(c6ccccc65)[C@@H]4C3=O)o2)c([N+](=O)[O-])c1. The average molecular weight is 520 g/mol. The lowest BCUT2D eigenvalue weighted by Crippen LogP contribution is -2.41. The molecule has 9 heteroatoms. The minimum Gasteiger partial charge on any atom is -0.497 e. The van der Waals surface area contributed by atoms with Crippen LogP contribution >= 0.6 is 0 Å². The highest BCUT2D eigenvalue weighted by molar-refractivity contribution is 6.08. The molecule has 2 atom stereocenters. The van der Waals surface area contributed by atoms with Gasteiger partial charge in [-0.1, -0.05) is 48.5 Å². The van der Waals surface area contributed by atoms with Crippen LogP contribution in [0.1, 0.15) is 39.8 Å². The number of nitro benzene ring substituents is 1. The van der Waals surface area contributed by atoms with E-state index >= 15 is 0 Å². The van der Waals surface area contributed by atoms with Crippen molar-refractivity contribution >= 4 is 23.7 Å². The van der Waals surface area contributed by atoms with Gasteiger partial charge in [0.05, 0.1) is 41.7 Å². The number of ether oxygens (including phenoxy) is 1. The number of methoxy groups -OCH3 is 1. The van der Waals surface area contributed by atoms with Crippen LogP contribution in [0.2, 0.25) is 0 Å². The second-order valence-electron chi connectivity index (χ2n) is 9.84. The van der Waals surface area contributed by atoms with Gasteiger partial charge in [0.1, 0.15) is 17.3 Å². The number of carbonyl (C=O) groups excluding carboxylic acids is 2. The number of hydrogen-bond acceptors (Lipinski definition) is 7. The van der Waals surface area contributed by atoms with Crippen LogP contribution in [-0.4, -0.2) is 35.1 Å². The topological polar surface area (TPSA) is 115 Å². The smallest absolute Gasteiger partial charge is 0.284 e. The molecule has 2 bridgehead atoms. The van der Waals surface area contributed by atoms with Gasteiger partial charge < -0.3 is 9.15 Å². The lowest BCUT2D eigenvalue weighted by Gasteiger charge is -2.45. The van der Waals surface area contributed by atoms with Gasteiger partial charge in [-0.05, 0) is 46.5 Å². The Bertz CT molecular complexity index is 1610. The lowest BCUT2D eigenvalue weighted by molar-refractivity contribution is -0.384. The fraction of sp³-hybridized carbons (Fsp3) is 0.167. The van der Waals surface area contributed by atoms with E-state index in [0.717, 1.165) is 27.3 Å². The predicted molar refractivity (Wildman–Crippen MR) is 140 cm³/mol. The zero-order chi connectivity index (χ0) is 26.8. The molecule has 4 aromatic rings. The van der Waals surface area contributed by atoms with E-state index in [1.807, 2.05) is 48.5 Å². The van der Waals surface area contributed by atoms with E-state index < -0.39 is 16.8 Å². The van der Waals surface area contributed by atoms with Gasteiger partial charge in [0.25, 0.3) is 17.5 Å². The molecule has 1 saturated heterocycles. The summed E-state index contributed by atoms with van der Waals surface area (Å²) in [6, 6.07) is 23.7. The monoisotopic (exact) mass is 519 g/mol. The van der Waals surface area contributed by atoms with Crippen LogP contribution in [0.15, 0.2) is 88.4 Å². The fourth-order valence-electron chi connectivity index (χ4n) is 6.45. The summed E-state index contributed by atoms with van der Waals surface area (Å²) in [6.45, 7) is 0. The molecule has 4 aliphatic rings. The van der Waals surface area contributed by atoms with Crippen LogP contribution < -0.4 is 4.74 Å². The Morgan fingerprint density at radius 2 is 1.44 bits per heavy atom. The van der Waals surface area contributed by atoms with Crippen molar-refractivity contribution in [2.24, 2.45) is 16.9 Å². The van der Waals surface area contributed by atoms with E-state index in [4.69, 9.17) is 9.15 Å². The zero-order valence-corrected chi connectivity index (χ0v) is 20.7. The van der Waals surface area contributed by atoms with E-state index in [2.05, 4.69) is 5.10 Å². The third kappa shape index (κ3) is 3.29. The first-order valence-corrected chi connectivity index (χ1v) is 12.5. The second kappa shape index (κ2) is 8.49. The maximum Gasteiger partial charge on any atom is 0.284 e. The highest BCUT2D eigenvalue weighted by atomic mass is 16.6. The number of carbonyl (C=O) groups is 2. The summed E-state index contributed by atoms with van der Waals surface area (Å²) >= 11 is 0.